The van der Waals surface area contributed by atoms with Crippen LogP contribution in [0.1, 0.15) is 30.4 Å². The molecule has 33 heavy (non-hydrogen) atoms. The molecule has 2 heterocycles. The van der Waals surface area contributed by atoms with Crippen molar-refractivity contribution in [2.45, 2.75) is 25.9 Å². The van der Waals surface area contributed by atoms with Crippen LogP contribution < -0.4 is 4.74 Å². The fraction of sp³-hybridized carbons (Fsp3) is 0.292. The molecule has 4 rings (SSSR count). The van der Waals surface area contributed by atoms with Crippen molar-refractivity contribution in [3.8, 4) is 5.75 Å². The Morgan fingerprint density at radius 3 is 2.45 bits per heavy atom. The number of imide groups is 1. The zero-order chi connectivity index (χ0) is 23.4. The number of hydrogen-bond acceptors (Lipinski definition) is 5. The predicted molar refractivity (Wildman–Crippen MR) is 130 cm³/mol. The van der Waals surface area contributed by atoms with Gasteiger partial charge in [0.15, 0.2) is 0 Å². The molecule has 0 unspecified atom stereocenters. The predicted octanol–water partition coefficient (Wildman–Crippen LogP) is 5.62. The lowest BCUT2D eigenvalue weighted by Gasteiger charge is -2.27. The second kappa shape index (κ2) is 10.6. The van der Waals surface area contributed by atoms with Gasteiger partial charge in [-0.05, 0) is 72.5 Å². The smallest absolute Gasteiger partial charge is 0.294 e. The lowest BCUT2D eigenvalue weighted by molar-refractivity contribution is -0.136. The molecular formula is C24H22Cl2N2O4S. The number of carbonyl (C=O) groups excluding carboxylic acids is 3. The van der Waals surface area contributed by atoms with Gasteiger partial charge in [0.1, 0.15) is 18.9 Å². The highest BCUT2D eigenvalue weighted by Gasteiger charge is 2.37. The largest absolute Gasteiger partial charge is 0.487 e. The molecule has 2 aromatic rings. The van der Waals surface area contributed by atoms with Gasteiger partial charge in [-0.25, -0.2) is 0 Å². The molecule has 6 nitrogen and oxygen atoms in total. The van der Waals surface area contributed by atoms with Crippen LogP contribution in [0.25, 0.3) is 6.08 Å². The number of rotatable bonds is 6. The molecule has 9 heteroatoms. The van der Waals surface area contributed by atoms with E-state index in [1.54, 1.807) is 41.3 Å². The molecule has 0 bridgehead atoms. The molecule has 0 saturated carbocycles. The molecule has 2 fully saturated rings. The van der Waals surface area contributed by atoms with E-state index in [1.165, 1.54) is 0 Å². The van der Waals surface area contributed by atoms with Gasteiger partial charge in [-0.1, -0.05) is 41.4 Å². The van der Waals surface area contributed by atoms with Crippen LogP contribution in [-0.4, -0.2) is 46.5 Å². The first-order valence-electron chi connectivity index (χ1n) is 10.6. The van der Waals surface area contributed by atoms with Crippen LogP contribution in [0.5, 0.6) is 5.75 Å². The molecule has 3 amide bonds. The fourth-order valence-electron chi connectivity index (χ4n) is 3.63. The molecule has 0 radical (unpaired) electrons. The van der Waals surface area contributed by atoms with Crippen LogP contribution in [0.4, 0.5) is 4.79 Å². The summed E-state index contributed by atoms with van der Waals surface area (Å²) in [5, 5.41) is 0.601. The lowest BCUT2D eigenvalue weighted by atomic mass is 10.1. The first-order valence-corrected chi connectivity index (χ1v) is 12.2. The van der Waals surface area contributed by atoms with Gasteiger partial charge in [0.25, 0.3) is 11.1 Å². The van der Waals surface area contributed by atoms with E-state index in [0.29, 0.717) is 41.1 Å². The Morgan fingerprint density at radius 1 is 1.03 bits per heavy atom. The lowest BCUT2D eigenvalue weighted by Crippen LogP contribution is -2.44. The Kier molecular flexibility index (Phi) is 7.63. The van der Waals surface area contributed by atoms with Crippen molar-refractivity contribution in [2.24, 2.45) is 0 Å². The van der Waals surface area contributed by atoms with Crippen molar-refractivity contribution in [2.75, 3.05) is 19.6 Å². The monoisotopic (exact) mass is 504 g/mol. The third kappa shape index (κ3) is 5.91. The molecule has 0 aliphatic carbocycles. The van der Waals surface area contributed by atoms with E-state index in [-0.39, 0.29) is 17.4 Å². The highest BCUT2D eigenvalue weighted by molar-refractivity contribution is 8.18. The van der Waals surface area contributed by atoms with Gasteiger partial charge >= 0.3 is 0 Å². The quantitative estimate of drug-likeness (QED) is 0.477. The van der Waals surface area contributed by atoms with E-state index in [9.17, 15) is 14.4 Å². The summed E-state index contributed by atoms with van der Waals surface area (Å²) in [5.74, 6) is -0.151. The van der Waals surface area contributed by atoms with E-state index in [1.807, 2.05) is 12.1 Å². The average Bonchev–Trinajstić information content (AvgIpc) is 3.07. The zero-order valence-corrected chi connectivity index (χ0v) is 20.1. The van der Waals surface area contributed by atoms with Crippen molar-refractivity contribution in [1.82, 2.24) is 9.80 Å². The second-order valence-electron chi connectivity index (χ2n) is 7.81. The summed E-state index contributed by atoms with van der Waals surface area (Å²) in [4.78, 5) is 40.6. The highest BCUT2D eigenvalue weighted by Crippen LogP contribution is 2.34. The number of piperidine rings is 1. The molecule has 2 aromatic carbocycles. The van der Waals surface area contributed by atoms with E-state index < -0.39 is 11.1 Å². The van der Waals surface area contributed by atoms with Crippen molar-refractivity contribution in [1.29, 1.82) is 0 Å². The van der Waals surface area contributed by atoms with Gasteiger partial charge in [-0.3, -0.25) is 19.3 Å². The van der Waals surface area contributed by atoms with E-state index in [4.69, 9.17) is 27.9 Å². The number of hydrogen-bond donors (Lipinski definition) is 0. The summed E-state index contributed by atoms with van der Waals surface area (Å²) >= 11 is 13.1. The minimum Gasteiger partial charge on any atom is -0.487 e. The Hall–Kier alpha value is -2.48. The highest BCUT2D eigenvalue weighted by atomic mass is 35.5. The zero-order valence-electron chi connectivity index (χ0n) is 17.8. The standard InChI is InChI=1S/C24H22Cl2N2O4S/c25-18-7-4-16(5-8-18)15-32-20-9-6-17(12-19(20)26)13-21-23(30)28(24(31)33-21)14-22(29)27-10-2-1-3-11-27/h4-9,12-13H,1-3,10-11,14-15H2/b21-13-. The van der Waals surface area contributed by atoms with Crippen molar-refractivity contribution < 1.29 is 19.1 Å². The number of likely N-dealkylation sites (tertiary alicyclic amines) is 1. The third-order valence-corrected chi connectivity index (χ3v) is 6.89. The normalized spacial score (nSPS) is 17.7. The maximum absolute atomic E-state index is 12.8. The van der Waals surface area contributed by atoms with Gasteiger partial charge in [0.2, 0.25) is 5.91 Å². The van der Waals surface area contributed by atoms with Gasteiger partial charge in [-0.2, -0.15) is 0 Å². The van der Waals surface area contributed by atoms with Crippen LogP contribution in [0.15, 0.2) is 47.4 Å². The molecule has 172 valence electrons. The third-order valence-electron chi connectivity index (χ3n) is 5.44. The number of ether oxygens (including phenoxy) is 1. The Bertz CT molecular complexity index is 1100. The summed E-state index contributed by atoms with van der Waals surface area (Å²) < 4.78 is 5.77. The van der Waals surface area contributed by atoms with Crippen molar-refractivity contribution >= 4 is 58.1 Å². The maximum atomic E-state index is 12.8. The topological polar surface area (TPSA) is 66.9 Å². The molecule has 2 saturated heterocycles. The average molecular weight is 505 g/mol. The van der Waals surface area contributed by atoms with Gasteiger partial charge < -0.3 is 9.64 Å². The molecule has 2 aliphatic rings. The molecule has 0 spiro atoms. The van der Waals surface area contributed by atoms with Crippen LogP contribution >= 0.6 is 35.0 Å². The van der Waals surface area contributed by atoms with Crippen LogP contribution in [-0.2, 0) is 16.2 Å². The Labute approximate surface area is 206 Å². The number of benzene rings is 2. The second-order valence-corrected chi connectivity index (χ2v) is 9.65. The number of amides is 3. The Balaban J connectivity index is 1.40. The summed E-state index contributed by atoms with van der Waals surface area (Å²) in [6, 6.07) is 12.5. The minimum atomic E-state index is -0.463. The fourth-order valence-corrected chi connectivity index (χ4v) is 4.84. The molecule has 2 aliphatic heterocycles. The van der Waals surface area contributed by atoms with Gasteiger partial charge in [0, 0.05) is 18.1 Å². The van der Waals surface area contributed by atoms with E-state index in [0.717, 1.165) is 41.5 Å². The minimum absolute atomic E-state index is 0.191. The van der Waals surface area contributed by atoms with E-state index >= 15 is 0 Å². The summed E-state index contributed by atoms with van der Waals surface area (Å²) in [5.41, 5.74) is 1.61. The molecule has 0 atom stereocenters. The van der Waals surface area contributed by atoms with Gasteiger partial charge in [-0.15, -0.1) is 0 Å². The molecular weight excluding hydrogens is 483 g/mol. The molecule has 0 N–H and O–H groups in total. The van der Waals surface area contributed by atoms with Crippen molar-refractivity contribution in [3.63, 3.8) is 0 Å². The summed E-state index contributed by atoms with van der Waals surface area (Å²) in [7, 11) is 0. The number of carbonyl (C=O) groups is 3. The van der Waals surface area contributed by atoms with E-state index in [2.05, 4.69) is 0 Å². The molecule has 0 aromatic heterocycles. The summed E-state index contributed by atoms with van der Waals surface area (Å²) in [6.07, 6.45) is 4.61. The van der Waals surface area contributed by atoms with Crippen molar-refractivity contribution in [3.05, 3.63) is 68.5 Å². The van der Waals surface area contributed by atoms with Crippen LogP contribution in [0.3, 0.4) is 0 Å². The SMILES string of the molecule is O=C(CN1C(=O)S/C(=C\c2ccc(OCc3ccc(Cl)cc3)c(Cl)c2)C1=O)N1CCCCC1. The summed E-state index contributed by atoms with van der Waals surface area (Å²) in [6.45, 7) is 1.46. The van der Waals surface area contributed by atoms with Crippen LogP contribution in [0.2, 0.25) is 10.0 Å². The van der Waals surface area contributed by atoms with Crippen LogP contribution in [0, 0.1) is 0 Å². The first kappa shape index (κ1) is 23.7. The first-order chi connectivity index (χ1) is 15.9. The number of nitrogens with zero attached hydrogens (tertiary/aromatic N) is 2. The number of halogens is 2. The van der Waals surface area contributed by atoms with Gasteiger partial charge in [0.05, 0.1) is 9.93 Å². The number of thioether (sulfide) groups is 1. The Morgan fingerprint density at radius 2 is 1.76 bits per heavy atom. The maximum Gasteiger partial charge on any atom is 0.294 e.